The van der Waals surface area contributed by atoms with Crippen molar-refractivity contribution in [2.75, 3.05) is 18.9 Å². The van der Waals surface area contributed by atoms with Crippen LogP contribution in [0.5, 0.6) is 0 Å². The van der Waals surface area contributed by atoms with Crippen molar-refractivity contribution in [3.05, 3.63) is 66.2 Å². The average molecular weight is 443 g/mol. The van der Waals surface area contributed by atoms with E-state index in [4.69, 9.17) is 4.74 Å². The molecule has 0 bridgehead atoms. The highest BCUT2D eigenvalue weighted by atomic mass is 32.2. The summed E-state index contributed by atoms with van der Waals surface area (Å²) in [6.45, 7) is 3.79. The summed E-state index contributed by atoms with van der Waals surface area (Å²) < 4.78 is 5.13. The summed E-state index contributed by atoms with van der Waals surface area (Å²) in [5, 5.41) is 5.47. The minimum Gasteiger partial charge on any atom is -0.454 e. The lowest BCUT2D eigenvalue weighted by Gasteiger charge is -2.20. The van der Waals surface area contributed by atoms with Crippen LogP contribution >= 0.6 is 11.8 Å². The molecule has 2 amide bonds. The molecule has 31 heavy (non-hydrogen) atoms. The van der Waals surface area contributed by atoms with Gasteiger partial charge >= 0.3 is 5.97 Å². The van der Waals surface area contributed by atoms with Crippen LogP contribution < -0.4 is 10.6 Å². The Labute approximate surface area is 188 Å². The van der Waals surface area contributed by atoms with E-state index < -0.39 is 12.0 Å². The Morgan fingerprint density at radius 1 is 0.935 bits per heavy atom. The molecule has 1 atom stereocenters. The van der Waals surface area contributed by atoms with Gasteiger partial charge in [0.1, 0.15) is 6.04 Å². The summed E-state index contributed by atoms with van der Waals surface area (Å²) in [6, 6.07) is 18.6. The number of esters is 1. The van der Waals surface area contributed by atoms with E-state index >= 15 is 0 Å². The van der Waals surface area contributed by atoms with Crippen molar-refractivity contribution >= 4 is 29.5 Å². The molecule has 0 aliphatic carbocycles. The smallest absolute Gasteiger partial charge is 0.329 e. The molecule has 0 fully saturated rings. The topological polar surface area (TPSA) is 84.5 Å². The summed E-state index contributed by atoms with van der Waals surface area (Å²) in [7, 11) is 0. The van der Waals surface area contributed by atoms with Crippen LogP contribution in [0.2, 0.25) is 0 Å². The minimum atomic E-state index is -0.800. The molecule has 2 N–H and O–H groups in total. The van der Waals surface area contributed by atoms with E-state index in [0.717, 1.165) is 17.7 Å². The Balaban J connectivity index is 1.66. The van der Waals surface area contributed by atoms with E-state index in [1.54, 1.807) is 11.8 Å². The van der Waals surface area contributed by atoms with E-state index in [1.165, 1.54) is 4.90 Å². The van der Waals surface area contributed by atoms with Gasteiger partial charge in [0, 0.05) is 11.4 Å². The van der Waals surface area contributed by atoms with Crippen LogP contribution in [0.1, 0.15) is 25.8 Å². The first-order valence-corrected chi connectivity index (χ1v) is 11.4. The summed E-state index contributed by atoms with van der Waals surface area (Å²) >= 11 is 1.73. The normalized spacial score (nSPS) is 11.6. The zero-order valence-electron chi connectivity index (χ0n) is 18.0. The molecule has 7 heteroatoms. The van der Waals surface area contributed by atoms with Crippen molar-refractivity contribution in [3.8, 4) is 0 Å². The fourth-order valence-corrected chi connectivity index (χ4v) is 3.66. The van der Waals surface area contributed by atoms with Crippen LogP contribution in [0, 0.1) is 5.92 Å². The van der Waals surface area contributed by atoms with E-state index in [1.807, 2.05) is 74.5 Å². The second-order valence-corrected chi connectivity index (χ2v) is 8.59. The monoisotopic (exact) mass is 442 g/mol. The van der Waals surface area contributed by atoms with Crippen LogP contribution in [0.25, 0.3) is 0 Å². The molecule has 0 saturated heterocycles. The number of hydrogen-bond acceptors (Lipinski definition) is 5. The maximum absolute atomic E-state index is 12.4. The third-order valence-electron chi connectivity index (χ3n) is 4.45. The van der Waals surface area contributed by atoms with Crippen LogP contribution in [0.15, 0.2) is 65.6 Å². The van der Waals surface area contributed by atoms with Crippen molar-refractivity contribution in [2.45, 2.75) is 37.6 Å². The van der Waals surface area contributed by atoms with Gasteiger partial charge in [-0.05, 0) is 35.8 Å². The first-order chi connectivity index (χ1) is 15.0. The Morgan fingerprint density at radius 3 is 2.23 bits per heavy atom. The lowest BCUT2D eigenvalue weighted by molar-refractivity contribution is -0.152. The van der Waals surface area contributed by atoms with Crippen LogP contribution in [-0.4, -0.2) is 42.7 Å². The highest BCUT2D eigenvalue weighted by molar-refractivity contribution is 7.99. The van der Waals surface area contributed by atoms with E-state index in [0.29, 0.717) is 6.54 Å². The van der Waals surface area contributed by atoms with Gasteiger partial charge in [-0.1, -0.05) is 62.4 Å². The molecule has 0 heterocycles. The summed E-state index contributed by atoms with van der Waals surface area (Å²) in [4.78, 5) is 37.8. The van der Waals surface area contributed by atoms with Gasteiger partial charge in [-0.15, -0.1) is 11.8 Å². The number of benzene rings is 2. The van der Waals surface area contributed by atoms with Gasteiger partial charge in [-0.2, -0.15) is 0 Å². The number of ether oxygens (including phenoxy) is 1. The number of nitrogens with one attached hydrogen (secondary N) is 2. The van der Waals surface area contributed by atoms with Gasteiger partial charge < -0.3 is 15.4 Å². The van der Waals surface area contributed by atoms with Gasteiger partial charge in [-0.25, -0.2) is 4.79 Å². The number of carbonyl (C=O) groups excluding carboxylic acids is 3. The third kappa shape index (κ3) is 9.70. The Morgan fingerprint density at radius 2 is 1.58 bits per heavy atom. The molecular formula is C24H30N2O4S. The first-order valence-electron chi connectivity index (χ1n) is 10.4. The van der Waals surface area contributed by atoms with Gasteiger partial charge in [0.2, 0.25) is 5.91 Å². The van der Waals surface area contributed by atoms with Crippen LogP contribution in [0.4, 0.5) is 0 Å². The fraction of sp³-hybridized carbons (Fsp3) is 0.375. The highest BCUT2D eigenvalue weighted by Gasteiger charge is 2.26. The number of carbonyl (C=O) groups is 3. The standard InChI is InChI=1S/C24H30N2O4S/c1-18(2)23(26-21(27)16-19-10-5-3-6-11-19)24(29)30-17-22(28)25-14-9-15-31-20-12-7-4-8-13-20/h3-8,10-13,18,23H,9,14-17H2,1-2H3,(H,25,28)(H,26,27)/t23-/m0/s1. The summed E-state index contributed by atoms with van der Waals surface area (Å²) in [6.07, 6.45) is 0.988. The molecule has 2 aromatic rings. The van der Waals surface area contributed by atoms with Gasteiger partial charge in [0.05, 0.1) is 6.42 Å². The molecule has 0 aromatic heterocycles. The van der Waals surface area contributed by atoms with Crippen LogP contribution in [-0.2, 0) is 25.5 Å². The molecule has 0 aliphatic heterocycles. The Hall–Kier alpha value is -2.80. The van der Waals surface area contributed by atoms with Crippen molar-refractivity contribution in [2.24, 2.45) is 5.92 Å². The molecule has 0 spiro atoms. The minimum absolute atomic E-state index is 0.162. The zero-order chi connectivity index (χ0) is 22.5. The van der Waals surface area contributed by atoms with Crippen LogP contribution in [0.3, 0.4) is 0 Å². The van der Waals surface area contributed by atoms with Gasteiger partial charge in [0.15, 0.2) is 6.61 Å². The maximum Gasteiger partial charge on any atom is 0.329 e. The second-order valence-electron chi connectivity index (χ2n) is 7.42. The molecule has 166 valence electrons. The Bertz CT molecular complexity index is 828. The van der Waals surface area contributed by atoms with Gasteiger partial charge in [0.25, 0.3) is 5.91 Å². The van der Waals surface area contributed by atoms with Gasteiger partial charge in [-0.3, -0.25) is 9.59 Å². The van der Waals surface area contributed by atoms with Crippen molar-refractivity contribution in [3.63, 3.8) is 0 Å². The lowest BCUT2D eigenvalue weighted by Crippen LogP contribution is -2.46. The maximum atomic E-state index is 12.4. The molecule has 0 radical (unpaired) electrons. The fourth-order valence-electron chi connectivity index (χ4n) is 2.79. The predicted molar refractivity (Wildman–Crippen MR) is 123 cm³/mol. The number of amides is 2. The first kappa shape index (κ1) is 24.5. The van der Waals surface area contributed by atoms with Crippen molar-refractivity contribution in [1.82, 2.24) is 10.6 Å². The Kier molecular flexibility index (Phi) is 10.6. The largest absolute Gasteiger partial charge is 0.454 e. The lowest BCUT2D eigenvalue weighted by atomic mass is 10.0. The number of rotatable bonds is 12. The van der Waals surface area contributed by atoms with E-state index in [-0.39, 0.29) is 30.8 Å². The summed E-state index contributed by atoms with van der Waals surface area (Å²) in [5.41, 5.74) is 0.862. The van der Waals surface area contributed by atoms with Crippen molar-refractivity contribution in [1.29, 1.82) is 0 Å². The number of thioether (sulfide) groups is 1. The molecule has 2 rings (SSSR count). The molecule has 6 nitrogen and oxygen atoms in total. The van der Waals surface area contributed by atoms with E-state index in [2.05, 4.69) is 10.6 Å². The molecule has 0 saturated carbocycles. The number of hydrogen-bond donors (Lipinski definition) is 2. The SMILES string of the molecule is CC(C)[C@H](NC(=O)Cc1ccccc1)C(=O)OCC(=O)NCCCSc1ccccc1. The van der Waals surface area contributed by atoms with E-state index in [9.17, 15) is 14.4 Å². The quantitative estimate of drug-likeness (QED) is 0.300. The molecule has 0 unspecified atom stereocenters. The highest BCUT2D eigenvalue weighted by Crippen LogP contribution is 2.17. The van der Waals surface area contributed by atoms with Crippen molar-refractivity contribution < 1.29 is 19.1 Å². The predicted octanol–water partition coefficient (Wildman–Crippen LogP) is 3.21. The third-order valence-corrected chi connectivity index (χ3v) is 5.54. The zero-order valence-corrected chi connectivity index (χ0v) is 18.8. The second kappa shape index (κ2) is 13.5. The summed E-state index contributed by atoms with van der Waals surface area (Å²) in [5.74, 6) is -0.498. The molecular weight excluding hydrogens is 412 g/mol. The molecule has 0 aliphatic rings. The molecule has 2 aromatic carbocycles. The average Bonchev–Trinajstić information content (AvgIpc) is 2.77.